The molecule has 0 saturated carbocycles. The molecule has 0 aromatic heterocycles. The van der Waals surface area contributed by atoms with Crippen molar-refractivity contribution in [3.63, 3.8) is 0 Å². The largest absolute Gasteiger partial charge is 0.342 e. The Morgan fingerprint density at radius 1 is 1.10 bits per heavy atom. The lowest BCUT2D eigenvalue weighted by molar-refractivity contribution is -0.140. The lowest BCUT2D eigenvalue weighted by Crippen LogP contribution is -2.72. The minimum Gasteiger partial charge on any atom is -0.342 e. The van der Waals surface area contributed by atoms with E-state index in [1.807, 2.05) is 35.2 Å². The van der Waals surface area contributed by atoms with Crippen LogP contribution in [0.2, 0.25) is 0 Å². The number of urea groups is 1. The zero-order chi connectivity index (χ0) is 20.5. The molecule has 1 aromatic carbocycles. The molecule has 8 nitrogen and oxygen atoms in total. The van der Waals surface area contributed by atoms with Crippen molar-refractivity contribution in [2.45, 2.75) is 30.5 Å². The Morgan fingerprint density at radius 3 is 2.48 bits per heavy atom. The number of thioether (sulfide) groups is 1. The summed E-state index contributed by atoms with van der Waals surface area (Å²) in [6, 6.07) is 9.54. The number of hydrogen-bond donors (Lipinski definition) is 2. The second-order valence-corrected chi connectivity index (χ2v) is 8.89. The Balaban J connectivity index is 1.56. The summed E-state index contributed by atoms with van der Waals surface area (Å²) in [5.74, 6) is -0.270. The Bertz CT molecular complexity index is 786. The second kappa shape index (κ2) is 8.33. The van der Waals surface area contributed by atoms with Crippen LogP contribution in [0.25, 0.3) is 0 Å². The van der Waals surface area contributed by atoms with Gasteiger partial charge in [-0.25, -0.2) is 4.79 Å². The maximum absolute atomic E-state index is 13.0. The molecule has 3 saturated heterocycles. The van der Waals surface area contributed by atoms with Crippen LogP contribution >= 0.6 is 11.8 Å². The molecular formula is C20H27N5O3S. The van der Waals surface area contributed by atoms with Crippen molar-refractivity contribution in [3.8, 4) is 0 Å². The van der Waals surface area contributed by atoms with E-state index in [1.54, 1.807) is 11.9 Å². The summed E-state index contributed by atoms with van der Waals surface area (Å²) in [6.07, 6.45) is 1.46. The van der Waals surface area contributed by atoms with E-state index < -0.39 is 12.1 Å². The molecule has 3 aliphatic rings. The van der Waals surface area contributed by atoms with E-state index in [9.17, 15) is 14.4 Å². The average molecular weight is 418 g/mol. The quantitative estimate of drug-likeness (QED) is 0.761. The monoisotopic (exact) mass is 417 g/mol. The number of nitrogens with one attached hydrogen (secondary N) is 2. The lowest BCUT2D eigenvalue weighted by Gasteiger charge is -2.50. The SMILES string of the molecule is CN1C(=O)C2C(SCC(=O)N3CCCC3)NC(c3ccccc3)NC2N(C)C1=O. The number of imide groups is 1. The van der Waals surface area contributed by atoms with Gasteiger partial charge in [0.15, 0.2) is 0 Å². The normalized spacial score (nSPS) is 29.9. The molecule has 0 radical (unpaired) electrons. The lowest BCUT2D eigenvalue weighted by atomic mass is 9.96. The van der Waals surface area contributed by atoms with Crippen molar-refractivity contribution in [2.24, 2.45) is 5.92 Å². The van der Waals surface area contributed by atoms with Gasteiger partial charge in [-0.15, -0.1) is 11.8 Å². The Labute approximate surface area is 175 Å². The fraction of sp³-hybridized carbons (Fsp3) is 0.550. The van der Waals surface area contributed by atoms with Gasteiger partial charge in [0.05, 0.1) is 29.4 Å². The van der Waals surface area contributed by atoms with Crippen molar-refractivity contribution < 1.29 is 14.4 Å². The van der Waals surface area contributed by atoms with Crippen LogP contribution in [0.5, 0.6) is 0 Å². The van der Waals surface area contributed by atoms with Crippen LogP contribution in [0.1, 0.15) is 24.6 Å². The average Bonchev–Trinajstić information content (AvgIpc) is 3.29. The highest BCUT2D eigenvalue weighted by Crippen LogP contribution is 2.34. The topological polar surface area (TPSA) is 85.0 Å². The Kier molecular flexibility index (Phi) is 5.80. The minimum atomic E-state index is -0.473. The van der Waals surface area contributed by atoms with Gasteiger partial charge in [0.1, 0.15) is 0 Å². The molecule has 9 heteroatoms. The summed E-state index contributed by atoms with van der Waals surface area (Å²) < 4.78 is 0. The number of hydrogen-bond acceptors (Lipinski definition) is 6. The third kappa shape index (κ3) is 3.86. The van der Waals surface area contributed by atoms with Crippen molar-refractivity contribution in [2.75, 3.05) is 32.9 Å². The van der Waals surface area contributed by atoms with Crippen LogP contribution < -0.4 is 10.6 Å². The Hall–Kier alpha value is -2.10. The number of carbonyl (C=O) groups excluding carboxylic acids is 3. The molecule has 4 amide bonds. The highest BCUT2D eigenvalue weighted by atomic mass is 32.2. The molecule has 156 valence electrons. The van der Waals surface area contributed by atoms with E-state index in [0.29, 0.717) is 5.75 Å². The first-order valence-electron chi connectivity index (χ1n) is 9.98. The van der Waals surface area contributed by atoms with Gasteiger partial charge < -0.3 is 9.80 Å². The van der Waals surface area contributed by atoms with Gasteiger partial charge in [-0.1, -0.05) is 30.3 Å². The first-order chi connectivity index (χ1) is 14.0. The maximum atomic E-state index is 13.0. The minimum absolute atomic E-state index is 0.113. The van der Waals surface area contributed by atoms with Crippen molar-refractivity contribution in [1.82, 2.24) is 25.3 Å². The van der Waals surface area contributed by atoms with Crippen LogP contribution in [0.3, 0.4) is 0 Å². The Morgan fingerprint density at radius 2 is 1.79 bits per heavy atom. The van der Waals surface area contributed by atoms with Gasteiger partial charge in [-0.3, -0.25) is 25.1 Å². The molecule has 29 heavy (non-hydrogen) atoms. The van der Waals surface area contributed by atoms with Gasteiger partial charge in [-0.05, 0) is 18.4 Å². The maximum Gasteiger partial charge on any atom is 0.327 e. The zero-order valence-corrected chi connectivity index (χ0v) is 17.5. The van der Waals surface area contributed by atoms with Crippen molar-refractivity contribution in [3.05, 3.63) is 35.9 Å². The van der Waals surface area contributed by atoms with Crippen LogP contribution in [0.4, 0.5) is 4.79 Å². The molecule has 3 heterocycles. The third-order valence-electron chi connectivity index (χ3n) is 5.93. The molecule has 3 aliphatic heterocycles. The number of likely N-dealkylation sites (tertiary alicyclic amines) is 1. The van der Waals surface area contributed by atoms with E-state index in [1.165, 1.54) is 23.7 Å². The summed E-state index contributed by atoms with van der Waals surface area (Å²) >= 11 is 1.46. The molecule has 4 unspecified atom stereocenters. The summed E-state index contributed by atoms with van der Waals surface area (Å²) in [5.41, 5.74) is 1.02. The number of nitrogens with zero attached hydrogens (tertiary/aromatic N) is 3. The first kappa shape index (κ1) is 20.2. The second-order valence-electron chi connectivity index (χ2n) is 7.76. The molecule has 0 spiro atoms. The smallest absolute Gasteiger partial charge is 0.327 e. The van der Waals surface area contributed by atoms with E-state index >= 15 is 0 Å². The van der Waals surface area contributed by atoms with Crippen LogP contribution in [0, 0.1) is 5.92 Å². The molecule has 2 N–H and O–H groups in total. The summed E-state index contributed by atoms with van der Waals surface area (Å²) in [7, 11) is 3.22. The zero-order valence-electron chi connectivity index (χ0n) is 16.7. The predicted molar refractivity (Wildman–Crippen MR) is 111 cm³/mol. The number of rotatable bonds is 4. The fourth-order valence-electron chi connectivity index (χ4n) is 4.26. The number of amides is 4. The standard InChI is InChI=1S/C20H27N5O3S/c1-23-17-15(19(27)24(2)20(23)28)18(29-12-14(26)25-10-6-7-11-25)22-16(21-17)13-8-4-3-5-9-13/h3-5,8-9,15-18,21-22H,6-7,10-12H2,1-2H3. The third-order valence-corrected chi connectivity index (χ3v) is 7.14. The molecule has 4 rings (SSSR count). The molecular weight excluding hydrogens is 390 g/mol. The summed E-state index contributed by atoms with van der Waals surface area (Å²) in [4.78, 5) is 42.7. The van der Waals surface area contributed by atoms with Crippen LogP contribution in [-0.2, 0) is 9.59 Å². The van der Waals surface area contributed by atoms with Crippen molar-refractivity contribution in [1.29, 1.82) is 0 Å². The number of benzene rings is 1. The van der Waals surface area contributed by atoms with Gasteiger partial charge in [0.2, 0.25) is 11.8 Å². The molecule has 1 aromatic rings. The number of carbonyl (C=O) groups is 3. The summed E-state index contributed by atoms with van der Waals surface area (Å²) in [5, 5.41) is 6.62. The fourth-order valence-corrected chi connectivity index (χ4v) is 5.46. The predicted octanol–water partition coefficient (Wildman–Crippen LogP) is 1.03. The molecule has 4 atom stereocenters. The van der Waals surface area contributed by atoms with E-state index in [0.717, 1.165) is 31.5 Å². The van der Waals surface area contributed by atoms with Crippen molar-refractivity contribution >= 4 is 29.6 Å². The first-order valence-corrected chi connectivity index (χ1v) is 11.0. The highest BCUT2D eigenvalue weighted by Gasteiger charge is 2.51. The van der Waals surface area contributed by atoms with Crippen LogP contribution in [0.15, 0.2) is 30.3 Å². The van der Waals surface area contributed by atoms with Gasteiger partial charge >= 0.3 is 6.03 Å². The molecule has 0 aliphatic carbocycles. The summed E-state index contributed by atoms with van der Waals surface area (Å²) in [6.45, 7) is 1.63. The van der Waals surface area contributed by atoms with E-state index in [2.05, 4.69) is 10.6 Å². The van der Waals surface area contributed by atoms with Crippen LogP contribution in [-0.4, -0.2) is 77.0 Å². The van der Waals surface area contributed by atoms with Gasteiger partial charge in [0.25, 0.3) is 0 Å². The highest BCUT2D eigenvalue weighted by molar-refractivity contribution is 8.00. The van der Waals surface area contributed by atoms with E-state index in [4.69, 9.17) is 0 Å². The van der Waals surface area contributed by atoms with Gasteiger partial charge in [-0.2, -0.15) is 0 Å². The molecule has 3 fully saturated rings. The van der Waals surface area contributed by atoms with Gasteiger partial charge in [0, 0.05) is 27.2 Å². The number of fused-ring (bicyclic) bond motifs is 1. The molecule has 0 bridgehead atoms. The van der Waals surface area contributed by atoms with E-state index in [-0.39, 0.29) is 29.4 Å².